The molecule has 0 bridgehead atoms. The third kappa shape index (κ3) is 3.89. The van der Waals surface area contributed by atoms with Crippen molar-refractivity contribution in [3.8, 4) is 11.4 Å². The van der Waals surface area contributed by atoms with E-state index in [9.17, 15) is 4.79 Å². The van der Waals surface area contributed by atoms with Gasteiger partial charge >= 0.3 is 0 Å². The van der Waals surface area contributed by atoms with Crippen LogP contribution >= 0.6 is 0 Å². The largest absolute Gasteiger partial charge is 0.351 e. The van der Waals surface area contributed by atoms with Gasteiger partial charge in [-0.05, 0) is 25.3 Å². The van der Waals surface area contributed by atoms with Gasteiger partial charge in [-0.3, -0.25) is 4.79 Å². The minimum absolute atomic E-state index is 0.181. The number of carbonyl (C=O) groups excluding carboxylic acids is 1. The van der Waals surface area contributed by atoms with E-state index in [2.05, 4.69) is 45.9 Å². The van der Waals surface area contributed by atoms with Crippen molar-refractivity contribution in [2.45, 2.75) is 26.3 Å². The fraction of sp³-hybridized carbons (Fsp3) is 0.190. The molecule has 0 unspecified atom stereocenters. The number of nitrogens with zero attached hydrogens (tertiary/aromatic N) is 2. The van der Waals surface area contributed by atoms with Gasteiger partial charge in [-0.15, -0.1) is 0 Å². The van der Waals surface area contributed by atoms with Gasteiger partial charge in [0.2, 0.25) is 11.7 Å². The third-order valence-electron chi connectivity index (χ3n) is 4.45. The predicted octanol–water partition coefficient (Wildman–Crippen LogP) is 3.39. The van der Waals surface area contributed by atoms with Crippen LogP contribution in [0, 0.1) is 0 Å². The number of allylic oxidation sites excluding steroid dienone is 6. The summed E-state index contributed by atoms with van der Waals surface area (Å²) in [6.07, 6.45) is 9.91. The molecule has 0 radical (unpaired) electrons. The Morgan fingerprint density at radius 2 is 2.07 bits per heavy atom. The molecule has 6 nitrogen and oxygen atoms in total. The number of nitrogens with one attached hydrogen (secondary N) is 2. The summed E-state index contributed by atoms with van der Waals surface area (Å²) in [5.74, 6) is 0.687. The standard InChI is InChI=1S/C21H20N4O2/c1-14-6-5-9-17-16(12-14)10-11-18(23-17)21(26)22-13-19-24-20(25-27-19)15-7-3-2-4-8-15/h2-4,6-9,11-12,23H,5,10,13H2,1H3,(H,22,26). The zero-order valence-electron chi connectivity index (χ0n) is 15.0. The van der Waals surface area contributed by atoms with E-state index in [-0.39, 0.29) is 12.5 Å². The van der Waals surface area contributed by atoms with Crippen LogP contribution in [0.4, 0.5) is 0 Å². The highest BCUT2D eigenvalue weighted by molar-refractivity contribution is 5.93. The summed E-state index contributed by atoms with van der Waals surface area (Å²) in [6.45, 7) is 2.27. The summed E-state index contributed by atoms with van der Waals surface area (Å²) >= 11 is 0. The average molecular weight is 360 g/mol. The Morgan fingerprint density at radius 1 is 1.22 bits per heavy atom. The van der Waals surface area contributed by atoms with Gasteiger partial charge in [0.05, 0.1) is 6.54 Å². The maximum Gasteiger partial charge on any atom is 0.267 e. The van der Waals surface area contributed by atoms with E-state index >= 15 is 0 Å². The summed E-state index contributed by atoms with van der Waals surface area (Å²) < 4.78 is 5.23. The van der Waals surface area contributed by atoms with Crippen molar-refractivity contribution in [2.75, 3.05) is 0 Å². The van der Waals surface area contributed by atoms with Gasteiger partial charge in [-0.2, -0.15) is 4.98 Å². The van der Waals surface area contributed by atoms with Crippen LogP contribution < -0.4 is 10.6 Å². The SMILES string of the molecule is CC1=CCC=C2NC(C(=O)NCc3nc(-c4ccccc4)no3)=CCC2=C1. The Kier molecular flexibility index (Phi) is 4.70. The molecule has 0 atom stereocenters. The van der Waals surface area contributed by atoms with Crippen molar-refractivity contribution in [1.29, 1.82) is 0 Å². The minimum Gasteiger partial charge on any atom is -0.351 e. The van der Waals surface area contributed by atoms with E-state index < -0.39 is 0 Å². The Hall–Kier alpha value is -3.41. The van der Waals surface area contributed by atoms with Crippen LogP contribution in [0.2, 0.25) is 0 Å². The number of benzene rings is 1. The fourth-order valence-electron chi connectivity index (χ4n) is 3.05. The summed E-state index contributed by atoms with van der Waals surface area (Å²) in [6, 6.07) is 9.57. The van der Waals surface area contributed by atoms with E-state index in [1.54, 1.807) is 0 Å². The molecule has 1 aliphatic heterocycles. The summed E-state index contributed by atoms with van der Waals surface area (Å²) in [4.78, 5) is 16.8. The number of amides is 1. The fourth-order valence-corrected chi connectivity index (χ4v) is 3.05. The first kappa shape index (κ1) is 17.0. The third-order valence-corrected chi connectivity index (χ3v) is 4.45. The van der Waals surface area contributed by atoms with E-state index in [0.29, 0.717) is 17.4 Å². The second kappa shape index (κ2) is 7.45. The Bertz CT molecular complexity index is 981. The molecule has 2 heterocycles. The van der Waals surface area contributed by atoms with E-state index in [1.165, 1.54) is 11.1 Å². The Balaban J connectivity index is 1.39. The first-order valence-corrected chi connectivity index (χ1v) is 8.90. The van der Waals surface area contributed by atoms with E-state index in [1.807, 2.05) is 36.4 Å². The normalized spacial score (nSPS) is 16.0. The van der Waals surface area contributed by atoms with Crippen LogP contribution in [-0.2, 0) is 11.3 Å². The molecule has 2 N–H and O–H groups in total. The molecule has 27 heavy (non-hydrogen) atoms. The molecule has 0 saturated heterocycles. The van der Waals surface area contributed by atoms with Gasteiger partial charge in [0.15, 0.2) is 0 Å². The molecule has 1 aromatic carbocycles. The highest BCUT2D eigenvalue weighted by atomic mass is 16.5. The molecule has 1 aliphatic carbocycles. The molecule has 6 heteroatoms. The Labute approximate surface area is 157 Å². The number of carbonyl (C=O) groups is 1. The lowest BCUT2D eigenvalue weighted by molar-refractivity contribution is -0.118. The zero-order valence-corrected chi connectivity index (χ0v) is 15.0. The second-order valence-electron chi connectivity index (χ2n) is 6.48. The van der Waals surface area contributed by atoms with Gasteiger partial charge < -0.3 is 15.2 Å². The molecule has 1 amide bonds. The smallest absolute Gasteiger partial charge is 0.267 e. The lowest BCUT2D eigenvalue weighted by Gasteiger charge is -2.20. The number of fused-ring (bicyclic) bond motifs is 1. The van der Waals surface area contributed by atoms with Crippen molar-refractivity contribution >= 4 is 5.91 Å². The van der Waals surface area contributed by atoms with Gasteiger partial charge in [-0.25, -0.2) is 0 Å². The van der Waals surface area contributed by atoms with Crippen LogP contribution in [0.15, 0.2) is 81.7 Å². The van der Waals surface area contributed by atoms with Gasteiger partial charge in [0, 0.05) is 11.3 Å². The van der Waals surface area contributed by atoms with Crippen molar-refractivity contribution in [1.82, 2.24) is 20.8 Å². The monoisotopic (exact) mass is 360 g/mol. The average Bonchev–Trinajstić information content (AvgIpc) is 3.09. The quantitative estimate of drug-likeness (QED) is 0.874. The van der Waals surface area contributed by atoms with E-state index in [0.717, 1.165) is 24.1 Å². The van der Waals surface area contributed by atoms with Crippen molar-refractivity contribution in [3.63, 3.8) is 0 Å². The van der Waals surface area contributed by atoms with Crippen LogP contribution in [-0.4, -0.2) is 16.0 Å². The number of aromatic nitrogens is 2. The molecule has 0 saturated carbocycles. The zero-order chi connectivity index (χ0) is 18.6. The summed E-state index contributed by atoms with van der Waals surface area (Å²) in [5, 5.41) is 10.0. The predicted molar refractivity (Wildman–Crippen MR) is 102 cm³/mol. The topological polar surface area (TPSA) is 80.0 Å². The van der Waals surface area contributed by atoms with Crippen molar-refractivity contribution in [3.05, 3.63) is 83.1 Å². The molecule has 4 rings (SSSR count). The molecule has 136 valence electrons. The maximum atomic E-state index is 12.5. The number of hydrogen-bond donors (Lipinski definition) is 2. The van der Waals surface area contributed by atoms with Crippen LogP contribution in [0.25, 0.3) is 11.4 Å². The maximum absolute atomic E-state index is 12.5. The molecule has 0 spiro atoms. The highest BCUT2D eigenvalue weighted by Gasteiger charge is 2.19. The van der Waals surface area contributed by atoms with Crippen LogP contribution in [0.1, 0.15) is 25.7 Å². The van der Waals surface area contributed by atoms with Crippen molar-refractivity contribution < 1.29 is 9.32 Å². The van der Waals surface area contributed by atoms with Crippen LogP contribution in [0.5, 0.6) is 0 Å². The van der Waals surface area contributed by atoms with Crippen LogP contribution in [0.3, 0.4) is 0 Å². The Morgan fingerprint density at radius 3 is 2.93 bits per heavy atom. The van der Waals surface area contributed by atoms with Gasteiger partial charge in [-0.1, -0.05) is 65.4 Å². The van der Waals surface area contributed by atoms with Crippen molar-refractivity contribution in [2.24, 2.45) is 0 Å². The summed E-state index contributed by atoms with van der Waals surface area (Å²) in [7, 11) is 0. The second-order valence-corrected chi connectivity index (χ2v) is 6.48. The molecule has 2 aliphatic rings. The summed E-state index contributed by atoms with van der Waals surface area (Å²) in [5.41, 5.74) is 4.85. The molecular formula is C21H20N4O2. The molecular weight excluding hydrogens is 340 g/mol. The number of rotatable bonds is 4. The first-order chi connectivity index (χ1) is 13.2. The molecule has 0 fully saturated rings. The number of hydrogen-bond acceptors (Lipinski definition) is 5. The van der Waals surface area contributed by atoms with Gasteiger partial charge in [0.1, 0.15) is 5.70 Å². The highest BCUT2D eigenvalue weighted by Crippen LogP contribution is 2.24. The van der Waals surface area contributed by atoms with E-state index in [4.69, 9.17) is 4.52 Å². The lowest BCUT2D eigenvalue weighted by atomic mass is 10.0. The molecule has 2 aromatic rings. The first-order valence-electron chi connectivity index (χ1n) is 8.90. The van der Waals surface area contributed by atoms with Gasteiger partial charge in [0.25, 0.3) is 5.91 Å². The lowest BCUT2D eigenvalue weighted by Crippen LogP contribution is -2.33. The molecule has 1 aromatic heterocycles. The minimum atomic E-state index is -0.191.